The van der Waals surface area contributed by atoms with Crippen molar-refractivity contribution in [3.05, 3.63) is 65.9 Å². The van der Waals surface area contributed by atoms with E-state index < -0.39 is 0 Å². The lowest BCUT2D eigenvalue weighted by molar-refractivity contribution is 0.171. The maximum atomic E-state index is 13.4. The standard InChI is InChI=1S/C26H28N4O4/c1-18-21(19-8-9-23-24(16-19)34-15-14-33-23)5-3-6-22(18)29-11-12-30(26(29)32)25-7-2-4-20(28-25)17-27-10-13-31/h2-9,16,27,31H,10-15,17H2,1H3. The monoisotopic (exact) mass is 460 g/mol. The molecule has 5 rings (SSSR count). The summed E-state index contributed by atoms with van der Waals surface area (Å²) < 4.78 is 11.4. The summed E-state index contributed by atoms with van der Waals surface area (Å²) in [5.41, 5.74) is 4.83. The van der Waals surface area contributed by atoms with Gasteiger partial charge in [-0.25, -0.2) is 9.78 Å². The zero-order chi connectivity index (χ0) is 23.5. The van der Waals surface area contributed by atoms with E-state index >= 15 is 0 Å². The number of aromatic nitrogens is 1. The molecule has 2 amide bonds. The highest BCUT2D eigenvalue weighted by atomic mass is 16.6. The molecule has 8 nitrogen and oxygen atoms in total. The fourth-order valence-electron chi connectivity index (χ4n) is 4.42. The predicted octanol–water partition coefficient (Wildman–Crippen LogP) is 3.36. The van der Waals surface area contributed by atoms with Crippen LogP contribution in [0, 0.1) is 6.92 Å². The summed E-state index contributed by atoms with van der Waals surface area (Å²) in [5.74, 6) is 2.14. The molecule has 0 unspecified atom stereocenters. The third-order valence-electron chi connectivity index (χ3n) is 6.12. The molecule has 3 heterocycles. The van der Waals surface area contributed by atoms with E-state index in [4.69, 9.17) is 14.6 Å². The van der Waals surface area contributed by atoms with E-state index in [0.29, 0.717) is 45.2 Å². The minimum atomic E-state index is -0.0876. The molecule has 2 N–H and O–H groups in total. The number of urea groups is 1. The molecule has 0 aliphatic carbocycles. The predicted molar refractivity (Wildman–Crippen MR) is 131 cm³/mol. The normalized spacial score (nSPS) is 15.2. The molecule has 3 aromatic rings. The molecule has 34 heavy (non-hydrogen) atoms. The quantitative estimate of drug-likeness (QED) is 0.526. The molecule has 0 radical (unpaired) electrons. The van der Waals surface area contributed by atoms with Gasteiger partial charge in [0.05, 0.1) is 12.3 Å². The topological polar surface area (TPSA) is 87.2 Å². The van der Waals surface area contributed by atoms with Gasteiger partial charge in [0.2, 0.25) is 0 Å². The number of nitrogens with one attached hydrogen (secondary N) is 1. The molecule has 0 atom stereocenters. The van der Waals surface area contributed by atoms with Crippen molar-refractivity contribution in [3.63, 3.8) is 0 Å². The molecule has 2 aromatic carbocycles. The Morgan fingerprint density at radius 1 is 1.00 bits per heavy atom. The van der Waals surface area contributed by atoms with Crippen LogP contribution in [0.3, 0.4) is 0 Å². The van der Waals surface area contributed by atoms with Crippen molar-refractivity contribution in [1.29, 1.82) is 0 Å². The van der Waals surface area contributed by atoms with Crippen molar-refractivity contribution >= 4 is 17.5 Å². The van der Waals surface area contributed by atoms with Gasteiger partial charge in [-0.2, -0.15) is 0 Å². The van der Waals surface area contributed by atoms with Gasteiger partial charge in [-0.3, -0.25) is 9.80 Å². The van der Waals surface area contributed by atoms with Crippen molar-refractivity contribution < 1.29 is 19.4 Å². The van der Waals surface area contributed by atoms with Crippen LogP contribution in [-0.4, -0.2) is 55.6 Å². The smallest absolute Gasteiger partial charge is 0.330 e. The van der Waals surface area contributed by atoms with Gasteiger partial charge >= 0.3 is 6.03 Å². The highest BCUT2D eigenvalue weighted by Gasteiger charge is 2.32. The fourth-order valence-corrected chi connectivity index (χ4v) is 4.42. The minimum Gasteiger partial charge on any atom is -0.486 e. The molecule has 0 saturated carbocycles. The largest absolute Gasteiger partial charge is 0.486 e. The van der Waals surface area contributed by atoms with Crippen molar-refractivity contribution in [2.24, 2.45) is 0 Å². The summed E-state index contributed by atoms with van der Waals surface area (Å²) in [4.78, 5) is 21.6. The van der Waals surface area contributed by atoms with E-state index in [0.717, 1.165) is 39.6 Å². The average Bonchev–Trinajstić information content (AvgIpc) is 3.25. The number of benzene rings is 2. The lowest BCUT2D eigenvalue weighted by atomic mass is 9.98. The van der Waals surface area contributed by atoms with Crippen LogP contribution in [0.15, 0.2) is 54.6 Å². The number of aliphatic hydroxyl groups is 1. The second kappa shape index (κ2) is 9.70. The van der Waals surface area contributed by atoms with Gasteiger partial charge in [-0.1, -0.05) is 24.3 Å². The Bertz CT molecular complexity index is 1200. The van der Waals surface area contributed by atoms with E-state index in [2.05, 4.69) is 16.4 Å². The van der Waals surface area contributed by atoms with Gasteiger partial charge in [0.15, 0.2) is 11.5 Å². The SMILES string of the molecule is Cc1c(-c2ccc3c(c2)OCCO3)cccc1N1CCN(c2cccc(CNCCO)n2)C1=O. The Morgan fingerprint density at radius 2 is 1.79 bits per heavy atom. The number of pyridine rings is 1. The maximum absolute atomic E-state index is 13.4. The van der Waals surface area contributed by atoms with Crippen LogP contribution in [0.5, 0.6) is 11.5 Å². The average molecular weight is 461 g/mol. The number of carbonyl (C=O) groups excluding carboxylic acids is 1. The molecule has 176 valence electrons. The number of aliphatic hydroxyl groups excluding tert-OH is 1. The summed E-state index contributed by atoms with van der Waals surface area (Å²) in [6.45, 7) is 5.41. The van der Waals surface area contributed by atoms with Crippen molar-refractivity contribution in [1.82, 2.24) is 10.3 Å². The second-order valence-electron chi connectivity index (χ2n) is 8.28. The highest BCUT2D eigenvalue weighted by Crippen LogP contribution is 2.38. The van der Waals surface area contributed by atoms with Crippen LogP contribution in [-0.2, 0) is 6.54 Å². The van der Waals surface area contributed by atoms with Crippen LogP contribution >= 0.6 is 0 Å². The zero-order valence-electron chi connectivity index (χ0n) is 19.2. The molecule has 1 saturated heterocycles. The number of carbonyl (C=O) groups is 1. The first kappa shape index (κ1) is 22.2. The Hall–Kier alpha value is -3.62. The fraction of sp³-hybridized carbons (Fsp3) is 0.308. The van der Waals surface area contributed by atoms with E-state index in [9.17, 15) is 4.79 Å². The van der Waals surface area contributed by atoms with Gasteiger partial charge in [0, 0.05) is 31.9 Å². The molecule has 8 heteroatoms. The molecule has 0 spiro atoms. The summed E-state index contributed by atoms with van der Waals surface area (Å²) in [7, 11) is 0. The lowest BCUT2D eigenvalue weighted by Gasteiger charge is -2.22. The number of fused-ring (bicyclic) bond motifs is 1. The number of amides is 2. The molecule has 2 aliphatic heterocycles. The number of rotatable bonds is 7. The summed E-state index contributed by atoms with van der Waals surface area (Å²) in [6, 6.07) is 17.6. The maximum Gasteiger partial charge on any atom is 0.330 e. The van der Waals surface area contributed by atoms with E-state index in [1.165, 1.54) is 0 Å². The number of hydrogen-bond acceptors (Lipinski definition) is 6. The van der Waals surface area contributed by atoms with Crippen LogP contribution < -0.4 is 24.6 Å². The molecule has 2 aliphatic rings. The third kappa shape index (κ3) is 4.30. The molecule has 0 bridgehead atoms. The summed E-state index contributed by atoms with van der Waals surface area (Å²) in [6.07, 6.45) is 0. The first-order valence-corrected chi connectivity index (χ1v) is 11.5. The van der Waals surface area contributed by atoms with Crippen molar-refractivity contribution in [2.75, 3.05) is 49.3 Å². The van der Waals surface area contributed by atoms with Gasteiger partial charge in [0.25, 0.3) is 0 Å². The van der Waals surface area contributed by atoms with Gasteiger partial charge in [-0.05, 0) is 53.9 Å². The van der Waals surface area contributed by atoms with Crippen molar-refractivity contribution in [3.8, 4) is 22.6 Å². The van der Waals surface area contributed by atoms with Crippen LogP contribution in [0.1, 0.15) is 11.3 Å². The Balaban J connectivity index is 1.38. The van der Waals surface area contributed by atoms with Gasteiger partial charge < -0.3 is 19.9 Å². The lowest BCUT2D eigenvalue weighted by Crippen LogP contribution is -2.32. The van der Waals surface area contributed by atoms with E-state index in [1.807, 2.05) is 60.4 Å². The van der Waals surface area contributed by atoms with E-state index in [1.54, 1.807) is 4.90 Å². The number of anilines is 2. The number of ether oxygens (including phenoxy) is 2. The van der Waals surface area contributed by atoms with Gasteiger partial charge in [0.1, 0.15) is 19.0 Å². The molecule has 1 fully saturated rings. The first-order valence-electron chi connectivity index (χ1n) is 11.5. The van der Waals surface area contributed by atoms with Crippen molar-refractivity contribution in [2.45, 2.75) is 13.5 Å². The first-order chi connectivity index (χ1) is 16.7. The Morgan fingerprint density at radius 3 is 2.65 bits per heavy atom. The van der Waals surface area contributed by atoms with Crippen LogP contribution in [0.4, 0.5) is 16.3 Å². The molecular weight excluding hydrogens is 432 g/mol. The Labute approximate surface area is 198 Å². The zero-order valence-corrected chi connectivity index (χ0v) is 19.2. The summed E-state index contributed by atoms with van der Waals surface area (Å²) >= 11 is 0. The summed E-state index contributed by atoms with van der Waals surface area (Å²) in [5, 5.41) is 12.1. The Kier molecular flexibility index (Phi) is 6.33. The van der Waals surface area contributed by atoms with Crippen LogP contribution in [0.25, 0.3) is 11.1 Å². The molecule has 1 aromatic heterocycles. The van der Waals surface area contributed by atoms with Crippen LogP contribution in [0.2, 0.25) is 0 Å². The number of nitrogens with zero attached hydrogens (tertiary/aromatic N) is 3. The number of hydrogen-bond donors (Lipinski definition) is 2. The third-order valence-corrected chi connectivity index (χ3v) is 6.12. The second-order valence-corrected chi connectivity index (χ2v) is 8.28. The minimum absolute atomic E-state index is 0.0733. The highest BCUT2D eigenvalue weighted by molar-refractivity contribution is 6.06. The molecular formula is C26H28N4O4. The van der Waals surface area contributed by atoms with E-state index in [-0.39, 0.29) is 12.6 Å². The van der Waals surface area contributed by atoms with Gasteiger partial charge in [-0.15, -0.1) is 0 Å².